The highest BCUT2D eigenvalue weighted by Crippen LogP contribution is 2.43. The van der Waals surface area contributed by atoms with Crippen LogP contribution in [0, 0.1) is 0 Å². The van der Waals surface area contributed by atoms with Crippen LogP contribution in [0.2, 0.25) is 0 Å². The second-order valence-electron chi connectivity index (χ2n) is 6.48. The molecule has 0 saturated heterocycles. The van der Waals surface area contributed by atoms with Crippen molar-refractivity contribution in [3.63, 3.8) is 0 Å². The molecule has 2 aromatic carbocycles. The number of rotatable bonds is 5. The zero-order valence-electron chi connectivity index (χ0n) is 15.3. The fraction of sp³-hybridized carbons (Fsp3) is 0.238. The molecule has 0 fully saturated rings. The summed E-state index contributed by atoms with van der Waals surface area (Å²) in [6.45, 7) is 0.596. The highest BCUT2D eigenvalue weighted by Gasteiger charge is 2.32. The zero-order chi connectivity index (χ0) is 18.8. The number of amides is 1. The maximum absolute atomic E-state index is 12.4. The average Bonchev–Trinajstić information content (AvgIpc) is 3.10. The van der Waals surface area contributed by atoms with Gasteiger partial charge in [-0.25, -0.2) is 4.68 Å². The molecule has 6 nitrogen and oxygen atoms in total. The molecule has 4 rings (SSSR count). The Balaban J connectivity index is 1.76. The number of ether oxygens (including phenoxy) is 2. The van der Waals surface area contributed by atoms with E-state index in [0.29, 0.717) is 24.5 Å². The molecule has 3 aromatic rings. The Morgan fingerprint density at radius 2 is 1.89 bits per heavy atom. The van der Waals surface area contributed by atoms with E-state index in [1.807, 2.05) is 59.4 Å². The van der Waals surface area contributed by atoms with Crippen LogP contribution < -0.4 is 14.8 Å². The van der Waals surface area contributed by atoms with Crippen molar-refractivity contribution in [3.8, 4) is 11.5 Å². The molecule has 1 aliphatic rings. The number of hydrogen-bond acceptors (Lipinski definition) is 4. The highest BCUT2D eigenvalue weighted by molar-refractivity contribution is 5.94. The van der Waals surface area contributed by atoms with Gasteiger partial charge in [0.15, 0.2) is 11.5 Å². The first kappa shape index (κ1) is 17.1. The van der Waals surface area contributed by atoms with Crippen LogP contribution >= 0.6 is 0 Å². The summed E-state index contributed by atoms with van der Waals surface area (Å²) < 4.78 is 12.8. The van der Waals surface area contributed by atoms with Gasteiger partial charge in [0.2, 0.25) is 5.91 Å². The van der Waals surface area contributed by atoms with E-state index < -0.39 is 0 Å². The summed E-state index contributed by atoms with van der Waals surface area (Å²) in [4.78, 5) is 12.4. The minimum atomic E-state index is -0.136. The molecule has 0 saturated carbocycles. The van der Waals surface area contributed by atoms with Crippen molar-refractivity contribution >= 4 is 11.7 Å². The van der Waals surface area contributed by atoms with Gasteiger partial charge in [0.25, 0.3) is 0 Å². The van der Waals surface area contributed by atoms with E-state index >= 15 is 0 Å². The molecule has 1 atom stereocenters. The predicted octanol–water partition coefficient (Wildman–Crippen LogP) is 3.42. The molecule has 1 aromatic heterocycles. The third kappa shape index (κ3) is 3.14. The lowest BCUT2D eigenvalue weighted by Crippen LogP contribution is -2.25. The van der Waals surface area contributed by atoms with E-state index in [1.54, 1.807) is 14.2 Å². The maximum Gasteiger partial charge on any atom is 0.226 e. The number of para-hydroxylation sites is 1. The summed E-state index contributed by atoms with van der Waals surface area (Å²) in [5, 5.41) is 7.52. The molecule has 6 heteroatoms. The van der Waals surface area contributed by atoms with E-state index in [2.05, 4.69) is 10.4 Å². The lowest BCUT2D eigenvalue weighted by Gasteiger charge is -2.25. The minimum absolute atomic E-state index is 0.0350. The van der Waals surface area contributed by atoms with Gasteiger partial charge in [0, 0.05) is 23.5 Å². The monoisotopic (exact) mass is 363 g/mol. The number of aromatic nitrogens is 2. The number of fused-ring (bicyclic) bond motifs is 1. The number of carbonyl (C=O) groups excluding carboxylic acids is 1. The molecule has 0 aliphatic carbocycles. The van der Waals surface area contributed by atoms with Crippen molar-refractivity contribution in [2.24, 2.45) is 0 Å². The van der Waals surface area contributed by atoms with Gasteiger partial charge in [-0.3, -0.25) is 4.79 Å². The number of anilines is 1. The third-order valence-electron chi connectivity index (χ3n) is 4.87. The maximum atomic E-state index is 12.4. The minimum Gasteiger partial charge on any atom is -0.493 e. The van der Waals surface area contributed by atoms with Crippen molar-refractivity contribution in [2.75, 3.05) is 19.5 Å². The molecule has 0 bridgehead atoms. The van der Waals surface area contributed by atoms with Gasteiger partial charge in [-0.15, -0.1) is 0 Å². The quantitative estimate of drug-likeness (QED) is 0.754. The molecule has 1 aliphatic heterocycles. The molecule has 2 heterocycles. The van der Waals surface area contributed by atoms with Crippen molar-refractivity contribution in [2.45, 2.75) is 18.9 Å². The Labute approximate surface area is 157 Å². The number of nitrogens with one attached hydrogen (secondary N) is 1. The van der Waals surface area contributed by atoms with E-state index in [0.717, 1.165) is 22.5 Å². The molecule has 1 amide bonds. The fourth-order valence-corrected chi connectivity index (χ4v) is 3.61. The first-order chi connectivity index (χ1) is 13.2. The van der Waals surface area contributed by atoms with Crippen molar-refractivity contribution in [3.05, 3.63) is 71.4 Å². The Kier molecular flexibility index (Phi) is 4.54. The number of hydrogen-bond donors (Lipinski definition) is 1. The van der Waals surface area contributed by atoms with Crippen LogP contribution in [-0.2, 0) is 11.3 Å². The number of methoxy groups -OCH3 is 2. The van der Waals surface area contributed by atoms with Gasteiger partial charge in [-0.1, -0.05) is 42.5 Å². The normalized spacial score (nSPS) is 15.8. The van der Waals surface area contributed by atoms with Gasteiger partial charge in [-0.2, -0.15) is 5.10 Å². The first-order valence-corrected chi connectivity index (χ1v) is 8.81. The van der Waals surface area contributed by atoms with Crippen LogP contribution in [0.1, 0.15) is 29.0 Å². The average molecular weight is 363 g/mol. The first-order valence-electron chi connectivity index (χ1n) is 8.81. The second-order valence-corrected chi connectivity index (χ2v) is 6.48. The molecule has 0 unspecified atom stereocenters. The molecule has 1 N–H and O–H groups in total. The fourth-order valence-electron chi connectivity index (χ4n) is 3.61. The third-order valence-corrected chi connectivity index (χ3v) is 4.87. The topological polar surface area (TPSA) is 65.4 Å². The Morgan fingerprint density at radius 1 is 1.07 bits per heavy atom. The SMILES string of the molecule is COc1cccc([C@@H]2CC(=O)Nc3c2cnn3Cc2ccccc2)c1OC. The van der Waals surface area contributed by atoms with Crippen LogP contribution in [0.15, 0.2) is 54.7 Å². The summed E-state index contributed by atoms with van der Waals surface area (Å²) in [5.74, 6) is 1.88. The molecule has 0 radical (unpaired) electrons. The summed E-state index contributed by atoms with van der Waals surface area (Å²) in [6, 6.07) is 15.8. The summed E-state index contributed by atoms with van der Waals surface area (Å²) in [5.41, 5.74) is 3.03. The standard InChI is InChI=1S/C21H21N3O3/c1-26-18-10-6-9-15(20(18)27-2)16-11-19(25)23-21-17(16)12-22-24(21)13-14-7-4-3-5-8-14/h3-10,12,16H,11,13H2,1-2H3,(H,23,25)/t16-/m0/s1. The van der Waals surface area contributed by atoms with Crippen molar-refractivity contribution in [1.82, 2.24) is 9.78 Å². The number of benzene rings is 2. The van der Waals surface area contributed by atoms with E-state index in [4.69, 9.17) is 9.47 Å². The van der Waals surface area contributed by atoms with Crippen LogP contribution in [-0.4, -0.2) is 29.9 Å². The Hall–Kier alpha value is -3.28. The smallest absolute Gasteiger partial charge is 0.226 e. The molecular weight excluding hydrogens is 342 g/mol. The highest BCUT2D eigenvalue weighted by atomic mass is 16.5. The van der Waals surface area contributed by atoms with E-state index in [1.165, 1.54) is 0 Å². The van der Waals surface area contributed by atoms with Gasteiger partial charge < -0.3 is 14.8 Å². The molecular formula is C21H21N3O3. The zero-order valence-corrected chi connectivity index (χ0v) is 15.3. The predicted molar refractivity (Wildman–Crippen MR) is 102 cm³/mol. The largest absolute Gasteiger partial charge is 0.493 e. The summed E-state index contributed by atoms with van der Waals surface area (Å²) in [6.07, 6.45) is 2.18. The van der Waals surface area contributed by atoms with Gasteiger partial charge >= 0.3 is 0 Å². The summed E-state index contributed by atoms with van der Waals surface area (Å²) >= 11 is 0. The van der Waals surface area contributed by atoms with Gasteiger partial charge in [-0.05, 0) is 11.6 Å². The Bertz CT molecular complexity index is 966. The number of nitrogens with zero attached hydrogens (tertiary/aromatic N) is 2. The molecule has 27 heavy (non-hydrogen) atoms. The van der Waals surface area contributed by atoms with E-state index in [9.17, 15) is 4.79 Å². The second kappa shape index (κ2) is 7.15. The lowest BCUT2D eigenvalue weighted by atomic mass is 9.86. The molecule has 138 valence electrons. The van der Waals surface area contributed by atoms with Crippen LogP contribution in [0.25, 0.3) is 0 Å². The van der Waals surface area contributed by atoms with Crippen LogP contribution in [0.5, 0.6) is 11.5 Å². The van der Waals surface area contributed by atoms with Crippen molar-refractivity contribution in [1.29, 1.82) is 0 Å². The van der Waals surface area contributed by atoms with Gasteiger partial charge in [0.1, 0.15) is 5.82 Å². The van der Waals surface area contributed by atoms with Crippen molar-refractivity contribution < 1.29 is 14.3 Å². The summed E-state index contributed by atoms with van der Waals surface area (Å²) in [7, 11) is 3.22. The Morgan fingerprint density at radius 3 is 2.63 bits per heavy atom. The van der Waals surface area contributed by atoms with Gasteiger partial charge in [0.05, 0.1) is 27.0 Å². The van der Waals surface area contributed by atoms with Crippen LogP contribution in [0.4, 0.5) is 5.82 Å². The molecule has 0 spiro atoms. The lowest BCUT2D eigenvalue weighted by molar-refractivity contribution is -0.116. The van der Waals surface area contributed by atoms with E-state index in [-0.39, 0.29) is 11.8 Å². The van der Waals surface area contributed by atoms with Crippen LogP contribution in [0.3, 0.4) is 0 Å². The number of carbonyl (C=O) groups is 1.